The molecule has 0 aliphatic carbocycles. The molecule has 1 heterocycles. The number of halogens is 3. The second kappa shape index (κ2) is 7.27. The van der Waals surface area contributed by atoms with Gasteiger partial charge >= 0.3 is 6.18 Å². The first-order chi connectivity index (χ1) is 13.0. The van der Waals surface area contributed by atoms with E-state index in [1.165, 1.54) is 35.3 Å². The maximum atomic E-state index is 12.8. The third kappa shape index (κ3) is 4.50. The van der Waals surface area contributed by atoms with Gasteiger partial charge in [0.05, 0.1) is 17.0 Å². The maximum absolute atomic E-state index is 12.8. The third-order valence-electron chi connectivity index (χ3n) is 4.15. The van der Waals surface area contributed by atoms with Gasteiger partial charge in [-0.25, -0.2) is 17.8 Å². The van der Waals surface area contributed by atoms with Crippen LogP contribution >= 0.6 is 0 Å². The molecule has 3 rings (SSSR count). The largest absolute Gasteiger partial charge is 0.416 e. The number of nitrogens with one attached hydrogen (secondary N) is 1. The molecular formula is C18H17F3N4O2S. The molecule has 2 aromatic carbocycles. The van der Waals surface area contributed by atoms with Crippen molar-refractivity contribution in [2.45, 2.75) is 31.5 Å². The molecule has 10 heteroatoms. The summed E-state index contributed by atoms with van der Waals surface area (Å²) < 4.78 is 66.9. The number of rotatable bonds is 5. The van der Waals surface area contributed by atoms with E-state index in [2.05, 4.69) is 14.8 Å². The first-order valence-corrected chi connectivity index (χ1v) is 9.68. The van der Waals surface area contributed by atoms with Crippen LogP contribution in [0, 0.1) is 13.8 Å². The SMILES string of the molecule is Cc1ccc(S(=O)(=O)Nc2ncn(Cc3cccc(C(F)(F)F)c3)n2)cc1C. The van der Waals surface area contributed by atoms with Crippen molar-refractivity contribution < 1.29 is 21.6 Å². The molecule has 6 nitrogen and oxygen atoms in total. The average molecular weight is 410 g/mol. The molecule has 0 amide bonds. The third-order valence-corrected chi connectivity index (χ3v) is 5.48. The molecule has 0 radical (unpaired) electrons. The maximum Gasteiger partial charge on any atom is 0.416 e. The normalized spacial score (nSPS) is 12.2. The molecular weight excluding hydrogens is 393 g/mol. The van der Waals surface area contributed by atoms with E-state index in [0.717, 1.165) is 23.3 Å². The summed E-state index contributed by atoms with van der Waals surface area (Å²) in [7, 11) is -3.88. The monoisotopic (exact) mass is 410 g/mol. The summed E-state index contributed by atoms with van der Waals surface area (Å²) in [6.07, 6.45) is -3.19. The molecule has 0 aliphatic heterocycles. The minimum Gasteiger partial charge on any atom is -0.246 e. The van der Waals surface area contributed by atoms with Gasteiger partial charge in [0.25, 0.3) is 16.0 Å². The van der Waals surface area contributed by atoms with E-state index in [1.807, 2.05) is 6.92 Å². The summed E-state index contributed by atoms with van der Waals surface area (Å²) in [5, 5.41) is 3.98. The van der Waals surface area contributed by atoms with Crippen LogP contribution in [0.1, 0.15) is 22.3 Å². The van der Waals surface area contributed by atoms with Gasteiger partial charge < -0.3 is 0 Å². The molecule has 0 unspecified atom stereocenters. The smallest absolute Gasteiger partial charge is 0.246 e. The van der Waals surface area contributed by atoms with E-state index in [4.69, 9.17) is 0 Å². The highest BCUT2D eigenvalue weighted by Crippen LogP contribution is 2.29. The molecule has 28 heavy (non-hydrogen) atoms. The summed E-state index contributed by atoms with van der Waals surface area (Å²) in [4.78, 5) is 3.95. The second-order valence-electron chi connectivity index (χ2n) is 6.32. The van der Waals surface area contributed by atoms with Crippen molar-refractivity contribution >= 4 is 16.0 Å². The Labute approximate surface area is 160 Å². The van der Waals surface area contributed by atoms with Crippen molar-refractivity contribution in [1.82, 2.24) is 14.8 Å². The number of aryl methyl sites for hydroxylation is 2. The minimum atomic E-state index is -4.44. The van der Waals surface area contributed by atoms with E-state index in [1.54, 1.807) is 13.0 Å². The van der Waals surface area contributed by atoms with Crippen molar-refractivity contribution in [3.8, 4) is 0 Å². The summed E-state index contributed by atoms with van der Waals surface area (Å²) in [5.41, 5.74) is 1.39. The number of aromatic nitrogens is 3. The highest BCUT2D eigenvalue weighted by atomic mass is 32.2. The Morgan fingerprint density at radius 3 is 2.50 bits per heavy atom. The molecule has 0 atom stereocenters. The van der Waals surface area contributed by atoms with Crippen molar-refractivity contribution in [3.05, 3.63) is 71.0 Å². The molecule has 1 N–H and O–H groups in total. The number of alkyl halides is 3. The second-order valence-corrected chi connectivity index (χ2v) is 8.00. The number of benzene rings is 2. The number of sulfonamides is 1. The Kier molecular flexibility index (Phi) is 5.16. The van der Waals surface area contributed by atoms with Crippen molar-refractivity contribution in [1.29, 1.82) is 0 Å². The lowest BCUT2D eigenvalue weighted by atomic mass is 10.1. The molecule has 0 saturated carbocycles. The van der Waals surface area contributed by atoms with Gasteiger partial charge in [-0.3, -0.25) is 0 Å². The summed E-state index contributed by atoms with van der Waals surface area (Å²) in [6, 6.07) is 9.54. The van der Waals surface area contributed by atoms with Gasteiger partial charge in [-0.05, 0) is 54.8 Å². The van der Waals surface area contributed by atoms with Crippen LogP contribution in [0.5, 0.6) is 0 Å². The van der Waals surface area contributed by atoms with E-state index in [0.29, 0.717) is 5.56 Å². The number of hydrogen-bond donors (Lipinski definition) is 1. The highest BCUT2D eigenvalue weighted by Gasteiger charge is 2.30. The van der Waals surface area contributed by atoms with Gasteiger partial charge in [-0.15, -0.1) is 5.10 Å². The predicted octanol–water partition coefficient (Wildman–Crippen LogP) is 3.76. The molecule has 0 fully saturated rings. The van der Waals surface area contributed by atoms with E-state index < -0.39 is 21.8 Å². The molecule has 0 spiro atoms. The van der Waals surface area contributed by atoms with Crippen LogP contribution in [0.25, 0.3) is 0 Å². The average Bonchev–Trinajstić information content (AvgIpc) is 3.03. The fourth-order valence-corrected chi connectivity index (χ4v) is 3.54. The predicted molar refractivity (Wildman–Crippen MR) is 97.3 cm³/mol. The molecule has 0 aliphatic rings. The topological polar surface area (TPSA) is 76.9 Å². The molecule has 148 valence electrons. The van der Waals surface area contributed by atoms with E-state index in [-0.39, 0.29) is 17.4 Å². The molecule has 3 aromatic rings. The fourth-order valence-electron chi connectivity index (χ4n) is 2.51. The Balaban J connectivity index is 1.76. The summed E-state index contributed by atoms with van der Waals surface area (Å²) >= 11 is 0. The van der Waals surface area contributed by atoms with Crippen LogP contribution in [-0.2, 0) is 22.7 Å². The first-order valence-electron chi connectivity index (χ1n) is 8.20. The van der Waals surface area contributed by atoms with E-state index >= 15 is 0 Å². The first kappa shape index (κ1) is 19.9. The van der Waals surface area contributed by atoms with Crippen molar-refractivity contribution in [2.24, 2.45) is 0 Å². The van der Waals surface area contributed by atoms with Crippen LogP contribution < -0.4 is 4.72 Å². The lowest BCUT2D eigenvalue weighted by molar-refractivity contribution is -0.137. The minimum absolute atomic E-state index is 0.0162. The van der Waals surface area contributed by atoms with Gasteiger partial charge in [0.1, 0.15) is 6.33 Å². The van der Waals surface area contributed by atoms with Gasteiger partial charge in [-0.2, -0.15) is 18.2 Å². The molecule has 0 bridgehead atoms. The van der Waals surface area contributed by atoms with Gasteiger partial charge in [-0.1, -0.05) is 18.2 Å². The Morgan fingerprint density at radius 1 is 1.07 bits per heavy atom. The van der Waals surface area contributed by atoms with Crippen LogP contribution in [0.3, 0.4) is 0 Å². The lowest BCUT2D eigenvalue weighted by Crippen LogP contribution is -2.14. The summed E-state index contributed by atoms with van der Waals surface area (Å²) in [6.45, 7) is 3.69. The fraction of sp³-hybridized carbons (Fsp3) is 0.222. The van der Waals surface area contributed by atoms with Crippen LogP contribution in [0.4, 0.5) is 19.1 Å². The molecule has 0 saturated heterocycles. The van der Waals surface area contributed by atoms with Crippen molar-refractivity contribution in [2.75, 3.05) is 4.72 Å². The standard InChI is InChI=1S/C18H17F3N4O2S/c1-12-6-7-16(8-13(12)2)28(26,27)24-17-22-11-25(23-17)10-14-4-3-5-15(9-14)18(19,20)21/h3-9,11H,10H2,1-2H3,(H,23,24). The van der Waals surface area contributed by atoms with Crippen LogP contribution in [0.15, 0.2) is 53.7 Å². The van der Waals surface area contributed by atoms with Crippen LogP contribution in [-0.4, -0.2) is 23.2 Å². The lowest BCUT2D eigenvalue weighted by Gasteiger charge is -2.08. The highest BCUT2D eigenvalue weighted by molar-refractivity contribution is 7.92. The number of hydrogen-bond acceptors (Lipinski definition) is 4. The quantitative estimate of drug-likeness (QED) is 0.695. The number of nitrogens with zero attached hydrogens (tertiary/aromatic N) is 3. The van der Waals surface area contributed by atoms with Gasteiger partial charge in [0.15, 0.2) is 0 Å². The Hall–Kier alpha value is -2.88. The van der Waals surface area contributed by atoms with Gasteiger partial charge in [0.2, 0.25) is 0 Å². The van der Waals surface area contributed by atoms with E-state index in [9.17, 15) is 21.6 Å². The summed E-state index contributed by atoms with van der Waals surface area (Å²) in [5.74, 6) is -0.162. The molecule has 1 aromatic heterocycles. The van der Waals surface area contributed by atoms with Crippen molar-refractivity contribution in [3.63, 3.8) is 0 Å². The zero-order valence-electron chi connectivity index (χ0n) is 15.0. The van der Waals surface area contributed by atoms with Gasteiger partial charge in [0, 0.05) is 0 Å². The zero-order valence-corrected chi connectivity index (χ0v) is 15.8. The Bertz CT molecular complexity index is 1110. The van der Waals surface area contributed by atoms with Crippen LogP contribution in [0.2, 0.25) is 0 Å². The Morgan fingerprint density at radius 2 is 1.82 bits per heavy atom. The number of anilines is 1. The zero-order chi connectivity index (χ0) is 20.5.